The second-order valence-electron chi connectivity index (χ2n) is 2.26. The summed E-state index contributed by atoms with van der Waals surface area (Å²) in [4.78, 5) is 10.1. The van der Waals surface area contributed by atoms with Crippen LogP contribution in [0.25, 0.3) is 0 Å². The van der Waals surface area contributed by atoms with Gasteiger partial charge in [-0.15, -0.1) is 5.10 Å². The molecule has 60 valence electrons. The van der Waals surface area contributed by atoms with Crippen LogP contribution in [0.5, 0.6) is 0 Å². The molecule has 0 fully saturated rings. The predicted octanol–water partition coefficient (Wildman–Crippen LogP) is -0.947. The fraction of sp³-hybridized carbons (Fsp3) is 0.286. The van der Waals surface area contributed by atoms with Crippen molar-refractivity contribution >= 4 is 25.4 Å². The van der Waals surface area contributed by atoms with Crippen molar-refractivity contribution in [1.29, 1.82) is 0 Å². The molecule has 0 spiro atoms. The molecule has 0 aliphatic carbocycles. The molecule has 1 aromatic rings. The summed E-state index contributed by atoms with van der Waals surface area (Å²) in [6.45, 7) is 0. The molecule has 1 heterocycles. The van der Waals surface area contributed by atoms with Crippen LogP contribution in [0.3, 0.4) is 0 Å². The Hall–Kier alpha value is -1.39. The number of aldehydes is 1. The molecular weight excluding hydrogens is 153 g/mol. The summed E-state index contributed by atoms with van der Waals surface area (Å²) >= 11 is 0. The van der Waals surface area contributed by atoms with Gasteiger partial charge in [-0.1, -0.05) is 5.46 Å². The average Bonchev–Trinajstić information content (AvgIpc) is 2.05. The van der Waals surface area contributed by atoms with Crippen molar-refractivity contribution < 1.29 is 4.79 Å². The van der Waals surface area contributed by atoms with Crippen molar-refractivity contribution in [2.45, 2.75) is 6.42 Å². The minimum Gasteiger partial charge on any atom is -0.372 e. The lowest BCUT2D eigenvalue weighted by Gasteiger charge is -2.03. The second-order valence-corrected chi connectivity index (χ2v) is 2.26. The lowest BCUT2D eigenvalue weighted by molar-refractivity contribution is -0.107. The molecule has 1 N–H and O–H groups in total. The molecule has 2 radical (unpaired) electrons. The maximum Gasteiger partial charge on any atom is 0.141 e. The molecule has 0 aromatic carbocycles. The fourth-order valence-electron chi connectivity index (χ4n) is 0.828. The monoisotopic (exact) mass is 161 g/mol. The summed E-state index contributed by atoms with van der Waals surface area (Å²) < 4.78 is 0. The van der Waals surface area contributed by atoms with Gasteiger partial charge < -0.3 is 10.1 Å². The summed E-state index contributed by atoms with van der Waals surface area (Å²) in [7, 11) is 7.29. The smallest absolute Gasteiger partial charge is 0.141 e. The first-order chi connectivity index (χ1) is 5.77. The summed E-state index contributed by atoms with van der Waals surface area (Å²) in [5, 5.41) is 10.3. The zero-order chi connectivity index (χ0) is 8.97. The van der Waals surface area contributed by atoms with E-state index in [1.165, 1.54) is 0 Å². The Balaban J connectivity index is 2.93. The molecule has 12 heavy (non-hydrogen) atoms. The van der Waals surface area contributed by atoms with Crippen molar-refractivity contribution in [3.05, 3.63) is 11.8 Å². The van der Waals surface area contributed by atoms with Crippen LogP contribution < -0.4 is 10.8 Å². The molecular formula is C7H8BN3O. The number of nitrogens with zero attached hydrogens (tertiary/aromatic N) is 2. The van der Waals surface area contributed by atoms with Gasteiger partial charge >= 0.3 is 0 Å². The number of aromatic nitrogens is 2. The molecule has 0 saturated heterocycles. The predicted molar refractivity (Wildman–Crippen MR) is 46.7 cm³/mol. The van der Waals surface area contributed by atoms with Crippen LogP contribution in [0.1, 0.15) is 5.69 Å². The van der Waals surface area contributed by atoms with E-state index in [4.69, 9.17) is 7.85 Å². The van der Waals surface area contributed by atoms with Gasteiger partial charge in [0, 0.05) is 13.5 Å². The highest BCUT2D eigenvalue weighted by Gasteiger charge is 1.99. The number of rotatable bonds is 3. The molecule has 0 aliphatic heterocycles. The number of carbonyl (C=O) groups is 1. The quantitative estimate of drug-likeness (QED) is 0.458. The van der Waals surface area contributed by atoms with E-state index in [9.17, 15) is 4.79 Å². The van der Waals surface area contributed by atoms with Gasteiger partial charge in [-0.05, 0) is 6.07 Å². The van der Waals surface area contributed by atoms with Crippen LogP contribution in [0.2, 0.25) is 0 Å². The summed E-state index contributed by atoms with van der Waals surface area (Å²) in [6.07, 6.45) is 1.02. The first-order valence-corrected chi connectivity index (χ1v) is 3.51. The third-order valence-corrected chi connectivity index (χ3v) is 1.40. The largest absolute Gasteiger partial charge is 0.372 e. The molecule has 5 heteroatoms. The Morgan fingerprint density at radius 3 is 2.92 bits per heavy atom. The summed E-state index contributed by atoms with van der Waals surface area (Å²) in [5.74, 6) is 0.532. The van der Waals surface area contributed by atoms with Gasteiger partial charge in [0.2, 0.25) is 0 Å². The fourth-order valence-corrected chi connectivity index (χ4v) is 0.828. The van der Waals surface area contributed by atoms with Crippen molar-refractivity contribution in [3.8, 4) is 0 Å². The highest BCUT2D eigenvalue weighted by atomic mass is 16.1. The van der Waals surface area contributed by atoms with Gasteiger partial charge in [0.05, 0.1) is 5.69 Å². The third-order valence-electron chi connectivity index (χ3n) is 1.40. The van der Waals surface area contributed by atoms with Crippen molar-refractivity contribution in [2.75, 3.05) is 12.4 Å². The van der Waals surface area contributed by atoms with Gasteiger partial charge in [-0.2, -0.15) is 5.10 Å². The van der Waals surface area contributed by atoms with Crippen molar-refractivity contribution in [3.63, 3.8) is 0 Å². The molecule has 1 aromatic heterocycles. The maximum atomic E-state index is 10.1. The molecule has 1 rings (SSSR count). The number of hydrogen-bond donors (Lipinski definition) is 1. The van der Waals surface area contributed by atoms with Crippen LogP contribution in [0.15, 0.2) is 6.07 Å². The van der Waals surface area contributed by atoms with Gasteiger partial charge in [-0.25, -0.2) is 0 Å². The van der Waals surface area contributed by atoms with Crippen LogP contribution in [0.4, 0.5) is 5.82 Å². The minimum absolute atomic E-state index is 0.251. The van der Waals surface area contributed by atoms with Crippen LogP contribution in [0, 0.1) is 0 Å². The number of nitrogens with one attached hydrogen (secondary N) is 1. The number of hydrogen-bond acceptors (Lipinski definition) is 4. The Bertz CT molecular complexity index is 290. The SMILES string of the molecule is [B]c1cc(CC=O)nnc1NC. The topological polar surface area (TPSA) is 54.9 Å². The summed E-state index contributed by atoms with van der Waals surface area (Å²) in [5.41, 5.74) is 1.09. The van der Waals surface area contributed by atoms with E-state index in [0.29, 0.717) is 17.0 Å². The second kappa shape index (κ2) is 3.85. The molecule has 0 unspecified atom stereocenters. The molecule has 0 bridgehead atoms. The molecule has 0 saturated carbocycles. The zero-order valence-corrected chi connectivity index (χ0v) is 6.74. The van der Waals surface area contributed by atoms with Gasteiger partial charge in [0.25, 0.3) is 0 Å². The average molecular weight is 161 g/mol. The first-order valence-electron chi connectivity index (χ1n) is 3.51. The van der Waals surface area contributed by atoms with E-state index in [1.54, 1.807) is 13.1 Å². The van der Waals surface area contributed by atoms with E-state index < -0.39 is 0 Å². The Labute approximate surface area is 71.8 Å². The van der Waals surface area contributed by atoms with Gasteiger partial charge in [0.15, 0.2) is 0 Å². The van der Waals surface area contributed by atoms with Crippen molar-refractivity contribution in [2.24, 2.45) is 0 Å². The first kappa shape index (κ1) is 8.71. The van der Waals surface area contributed by atoms with Crippen molar-refractivity contribution in [1.82, 2.24) is 10.2 Å². The Morgan fingerprint density at radius 2 is 2.42 bits per heavy atom. The molecule has 0 amide bonds. The minimum atomic E-state index is 0.251. The lowest BCUT2D eigenvalue weighted by atomic mass is 9.96. The van der Waals surface area contributed by atoms with E-state index in [2.05, 4.69) is 15.5 Å². The number of anilines is 1. The summed E-state index contributed by atoms with van der Waals surface area (Å²) in [6, 6.07) is 1.63. The maximum absolute atomic E-state index is 10.1. The van der Waals surface area contributed by atoms with E-state index in [1.807, 2.05) is 0 Å². The van der Waals surface area contributed by atoms with Crippen LogP contribution >= 0.6 is 0 Å². The third kappa shape index (κ3) is 1.81. The number of carbonyl (C=O) groups excluding carboxylic acids is 1. The lowest BCUT2D eigenvalue weighted by Crippen LogP contribution is -2.15. The van der Waals surface area contributed by atoms with E-state index in [0.717, 1.165) is 6.29 Å². The van der Waals surface area contributed by atoms with Crippen LogP contribution in [-0.4, -0.2) is 31.4 Å². The van der Waals surface area contributed by atoms with E-state index in [-0.39, 0.29) is 6.42 Å². The Kier molecular flexibility index (Phi) is 2.79. The van der Waals surface area contributed by atoms with Crippen LogP contribution in [-0.2, 0) is 11.2 Å². The van der Waals surface area contributed by atoms with Gasteiger partial charge in [0.1, 0.15) is 20.0 Å². The van der Waals surface area contributed by atoms with E-state index >= 15 is 0 Å². The Morgan fingerprint density at radius 1 is 1.67 bits per heavy atom. The molecule has 0 atom stereocenters. The standard InChI is InChI=1S/C7H8BN3O/c1-9-7-6(8)4-5(2-3-12)10-11-7/h3-4H,2H2,1H3,(H,9,11). The molecule has 0 aliphatic rings. The molecule has 4 nitrogen and oxygen atoms in total. The van der Waals surface area contributed by atoms with Gasteiger partial charge in [-0.3, -0.25) is 0 Å². The normalized spacial score (nSPS) is 9.42. The zero-order valence-electron chi connectivity index (χ0n) is 6.74. The highest BCUT2D eigenvalue weighted by Crippen LogP contribution is 1.95. The highest BCUT2D eigenvalue weighted by molar-refractivity contribution is 6.35.